The van der Waals surface area contributed by atoms with E-state index < -0.39 is 6.60 Å². The summed E-state index contributed by atoms with van der Waals surface area (Å²) < 4.78 is 9.89. The molecule has 0 radical (unpaired) electrons. The van der Waals surface area contributed by atoms with Crippen LogP contribution < -0.4 is 73.2 Å². The topological polar surface area (TPSA) is 18.5 Å². The van der Waals surface area contributed by atoms with Crippen molar-refractivity contribution in [1.82, 2.24) is 0 Å². The van der Waals surface area contributed by atoms with Crippen LogP contribution in [0.2, 0.25) is 0 Å². The molecule has 8 rings (SSSR count). The van der Waals surface area contributed by atoms with Gasteiger partial charge in [-0.05, 0) is 80.7 Å². The molecule has 0 saturated carbocycles. The molecular weight excluding hydrogens is 669 g/mol. The molecule has 4 heterocycles. The predicted molar refractivity (Wildman–Crippen MR) is 230 cm³/mol. The minimum Gasteiger partial charge on any atom is -0.381 e. The molecule has 0 bridgehead atoms. The SMILES string of the molecule is C1CCOC1.C1CCOC1.CC(C)(C)c1ccc2c(c1)B1[BH-](c3cc(C(C)(C)C)ccc3-2)c2cc(C(C)(C)C)ccc2-c2ccc(C(C)(C)C)cc21.[K+]. The van der Waals surface area contributed by atoms with E-state index in [2.05, 4.69) is 156 Å². The molecule has 0 aromatic heterocycles. The number of rotatable bonds is 0. The predicted octanol–water partition coefficient (Wildman–Crippen LogP) is 6.16. The molecule has 4 aromatic carbocycles. The van der Waals surface area contributed by atoms with E-state index in [1.807, 2.05) is 0 Å². The summed E-state index contributed by atoms with van der Waals surface area (Å²) in [7, 11) is 0. The van der Waals surface area contributed by atoms with Gasteiger partial charge in [0.1, 0.15) is 0 Å². The zero-order valence-electron chi connectivity index (χ0n) is 35.7. The second-order valence-corrected chi connectivity index (χ2v) is 20.1. The van der Waals surface area contributed by atoms with Crippen molar-refractivity contribution in [3.8, 4) is 22.3 Å². The van der Waals surface area contributed by atoms with Crippen LogP contribution in [0, 0.1) is 0 Å². The molecule has 53 heavy (non-hydrogen) atoms. The van der Waals surface area contributed by atoms with Gasteiger partial charge in [-0.3, -0.25) is 0 Å². The molecule has 2 nitrogen and oxygen atoms in total. The zero-order chi connectivity index (χ0) is 37.6. The van der Waals surface area contributed by atoms with Crippen molar-refractivity contribution in [2.24, 2.45) is 0 Å². The van der Waals surface area contributed by atoms with Crippen LogP contribution in [0.5, 0.6) is 0 Å². The van der Waals surface area contributed by atoms with E-state index in [0.29, 0.717) is 6.60 Å². The van der Waals surface area contributed by atoms with Crippen LogP contribution in [0.4, 0.5) is 0 Å². The zero-order valence-corrected chi connectivity index (χ0v) is 38.8. The van der Waals surface area contributed by atoms with Crippen LogP contribution >= 0.6 is 0 Å². The number of fused-ring (bicyclic) bond motifs is 11. The molecule has 0 aliphatic carbocycles. The van der Waals surface area contributed by atoms with Crippen LogP contribution in [0.1, 0.15) is 131 Å². The summed E-state index contributed by atoms with van der Waals surface area (Å²) in [6, 6.07) is 29.7. The Labute approximate surface area is 366 Å². The van der Waals surface area contributed by atoms with Gasteiger partial charge in [0.25, 0.3) is 0 Å². The molecule has 2 saturated heterocycles. The summed E-state index contributed by atoms with van der Waals surface area (Å²) in [5.74, 6) is 0. The van der Waals surface area contributed by atoms with Crippen molar-refractivity contribution in [2.45, 2.75) is 130 Å². The summed E-state index contributed by atoms with van der Waals surface area (Å²) in [5, 5.41) is 0. The summed E-state index contributed by atoms with van der Waals surface area (Å²) in [6.07, 6.45) is 5.11. The van der Waals surface area contributed by atoms with Gasteiger partial charge in [0.2, 0.25) is 0 Å². The fourth-order valence-corrected chi connectivity index (χ4v) is 8.67. The van der Waals surface area contributed by atoms with Crippen LogP contribution in [0.15, 0.2) is 72.8 Å². The Morgan fingerprint density at radius 2 is 0.698 bits per heavy atom. The van der Waals surface area contributed by atoms with Gasteiger partial charge < -0.3 is 9.47 Å². The molecule has 4 aliphatic heterocycles. The Hall–Kier alpha value is -1.43. The second-order valence-electron chi connectivity index (χ2n) is 20.1. The monoisotopic (exact) mass is 734 g/mol. The molecule has 5 heteroatoms. The molecule has 4 aromatic rings. The first kappa shape index (κ1) is 42.7. The molecule has 0 spiro atoms. The Kier molecular flexibility index (Phi) is 13.4. The normalized spacial score (nSPS) is 16.4. The number of hydrogen-bond acceptors (Lipinski definition) is 2. The van der Waals surface area contributed by atoms with Gasteiger partial charge in [-0.1, -0.05) is 167 Å². The average Bonchev–Trinajstić information content (AvgIpc) is 3.86. The van der Waals surface area contributed by atoms with Gasteiger partial charge >= 0.3 is 51.4 Å². The van der Waals surface area contributed by atoms with Gasteiger partial charge in [-0.2, -0.15) is 0 Å². The number of hydrogen-bond donors (Lipinski definition) is 0. The number of benzene rings is 4. The van der Waals surface area contributed by atoms with E-state index in [1.54, 1.807) is 10.9 Å². The largest absolute Gasteiger partial charge is 1.00 e. The summed E-state index contributed by atoms with van der Waals surface area (Å²) in [5.41, 5.74) is 18.0. The quantitative estimate of drug-likeness (QED) is 0.202. The van der Waals surface area contributed by atoms with Crippen molar-refractivity contribution in [1.29, 1.82) is 0 Å². The van der Waals surface area contributed by atoms with E-state index >= 15 is 0 Å². The van der Waals surface area contributed by atoms with Gasteiger partial charge in [0, 0.05) is 33.0 Å². The molecule has 0 N–H and O–H groups in total. The van der Waals surface area contributed by atoms with Gasteiger partial charge in [-0.15, -0.1) is 10.9 Å². The van der Waals surface area contributed by atoms with Crippen molar-refractivity contribution in [2.75, 3.05) is 26.4 Å². The van der Waals surface area contributed by atoms with Crippen LogP contribution in [0.25, 0.3) is 22.3 Å². The smallest absolute Gasteiger partial charge is 0.381 e. The maximum absolute atomic E-state index is 4.94. The average molecular weight is 735 g/mol. The van der Waals surface area contributed by atoms with Crippen LogP contribution in [-0.4, -0.2) is 39.6 Å². The second kappa shape index (κ2) is 16.6. The van der Waals surface area contributed by atoms with Crippen molar-refractivity contribution < 1.29 is 60.9 Å². The summed E-state index contributed by atoms with van der Waals surface area (Å²) in [4.78, 5) is 0. The Morgan fingerprint density at radius 1 is 0.415 bits per heavy atom. The Bertz CT molecular complexity index is 1610. The minimum absolute atomic E-state index is 0. The standard InChI is InChI=1S/C40H49B2.2C4H8O.K/c1-37(2,3)25-13-17-29-30-18-14-27(39(7,8)9)23-35(30)42-36-24-28(40(10,11)12)16-20-32(36)31-19-15-26(38(4,5)6)22-34(31)41(42)33(29)21-25;2*1-2-4-5-3-1;/h13-24,41H,1-12H3;2*1-4H2;/q-1;;;+1. The molecular formula is C48H65B2KO2. The Balaban J connectivity index is 0.000000426. The third kappa shape index (κ3) is 9.41. The van der Waals surface area contributed by atoms with Crippen LogP contribution in [0.3, 0.4) is 0 Å². The summed E-state index contributed by atoms with van der Waals surface area (Å²) >= 11 is 0. The third-order valence-electron chi connectivity index (χ3n) is 12.0. The van der Waals surface area contributed by atoms with E-state index in [4.69, 9.17) is 9.47 Å². The van der Waals surface area contributed by atoms with Crippen molar-refractivity contribution in [3.63, 3.8) is 0 Å². The summed E-state index contributed by atoms with van der Waals surface area (Å²) in [6.45, 7) is 31.6. The molecule has 0 atom stereocenters. The fourth-order valence-electron chi connectivity index (χ4n) is 8.67. The van der Waals surface area contributed by atoms with Crippen LogP contribution in [-0.2, 0) is 31.1 Å². The maximum atomic E-state index is 4.94. The van der Waals surface area contributed by atoms with Crippen molar-refractivity contribution >= 4 is 35.1 Å². The van der Waals surface area contributed by atoms with E-state index in [1.165, 1.54) is 81.1 Å². The first-order valence-electron chi connectivity index (χ1n) is 20.3. The molecule has 0 unspecified atom stereocenters. The third-order valence-corrected chi connectivity index (χ3v) is 12.0. The van der Waals surface area contributed by atoms with E-state index in [9.17, 15) is 0 Å². The first-order valence-corrected chi connectivity index (χ1v) is 20.3. The van der Waals surface area contributed by atoms with Gasteiger partial charge in [-0.25, -0.2) is 10.9 Å². The van der Waals surface area contributed by atoms with E-state index in [0.717, 1.165) is 26.4 Å². The molecule has 276 valence electrons. The molecule has 0 amide bonds. The fraction of sp³-hybridized carbons (Fsp3) is 0.500. The number of ether oxygens (including phenoxy) is 2. The minimum atomic E-state index is -0.944. The maximum Gasteiger partial charge on any atom is 1.00 e. The van der Waals surface area contributed by atoms with Gasteiger partial charge in [0.15, 0.2) is 0 Å². The first-order chi connectivity index (χ1) is 24.4. The molecule has 2 fully saturated rings. The molecule has 4 aliphatic rings. The van der Waals surface area contributed by atoms with E-state index in [-0.39, 0.29) is 73.0 Å². The Morgan fingerprint density at radius 3 is 0.962 bits per heavy atom. The van der Waals surface area contributed by atoms with Gasteiger partial charge in [0.05, 0.1) is 6.60 Å². The van der Waals surface area contributed by atoms with Crippen molar-refractivity contribution in [3.05, 3.63) is 95.1 Å².